The second-order valence-corrected chi connectivity index (χ2v) is 5.32. The Labute approximate surface area is 89.3 Å². The zero-order valence-corrected chi connectivity index (χ0v) is 10.5. The third-order valence-electron chi connectivity index (χ3n) is 3.48. The number of piperidine rings is 1. The van der Waals surface area contributed by atoms with Crippen LogP contribution < -0.4 is 0 Å². The van der Waals surface area contributed by atoms with Gasteiger partial charge >= 0.3 is 0 Å². The standard InChI is InChI=1S/C12H26N2/c1-10(2)12-8-6-7-11(14(12)5)9-13(3)4/h10-12H,6-9H2,1-5H3. The molecular weight excluding hydrogens is 172 g/mol. The van der Waals surface area contributed by atoms with Crippen molar-refractivity contribution in [2.45, 2.75) is 45.2 Å². The van der Waals surface area contributed by atoms with Crippen LogP contribution in [0.1, 0.15) is 33.1 Å². The highest BCUT2D eigenvalue weighted by Gasteiger charge is 2.29. The monoisotopic (exact) mass is 198 g/mol. The number of likely N-dealkylation sites (N-methyl/N-ethyl adjacent to an activating group) is 2. The summed E-state index contributed by atoms with van der Waals surface area (Å²) in [5.74, 6) is 0.796. The minimum Gasteiger partial charge on any atom is -0.308 e. The van der Waals surface area contributed by atoms with Gasteiger partial charge in [-0.05, 0) is 39.9 Å². The van der Waals surface area contributed by atoms with E-state index >= 15 is 0 Å². The molecule has 14 heavy (non-hydrogen) atoms. The lowest BCUT2D eigenvalue weighted by Gasteiger charge is -2.42. The fourth-order valence-electron chi connectivity index (χ4n) is 2.69. The van der Waals surface area contributed by atoms with E-state index in [0.29, 0.717) is 0 Å². The first-order chi connectivity index (χ1) is 6.52. The Balaban J connectivity index is 2.52. The molecule has 0 radical (unpaired) electrons. The van der Waals surface area contributed by atoms with E-state index < -0.39 is 0 Å². The molecule has 2 nitrogen and oxygen atoms in total. The number of likely N-dealkylation sites (tertiary alicyclic amines) is 1. The molecule has 0 aliphatic carbocycles. The van der Waals surface area contributed by atoms with E-state index in [4.69, 9.17) is 0 Å². The Hall–Kier alpha value is -0.0800. The number of rotatable bonds is 3. The van der Waals surface area contributed by atoms with Gasteiger partial charge in [0.15, 0.2) is 0 Å². The molecule has 1 heterocycles. The van der Waals surface area contributed by atoms with Crippen molar-refractivity contribution in [3.8, 4) is 0 Å². The summed E-state index contributed by atoms with van der Waals surface area (Å²) in [6, 6.07) is 1.57. The molecule has 2 heteroatoms. The van der Waals surface area contributed by atoms with Gasteiger partial charge in [-0.25, -0.2) is 0 Å². The molecule has 0 bridgehead atoms. The second-order valence-electron chi connectivity index (χ2n) is 5.32. The third-order valence-corrected chi connectivity index (χ3v) is 3.48. The van der Waals surface area contributed by atoms with Crippen molar-refractivity contribution >= 4 is 0 Å². The van der Waals surface area contributed by atoms with Gasteiger partial charge in [0.2, 0.25) is 0 Å². The molecule has 1 aliphatic heterocycles. The summed E-state index contributed by atoms with van der Waals surface area (Å²) in [5.41, 5.74) is 0. The van der Waals surface area contributed by atoms with Crippen molar-refractivity contribution < 1.29 is 0 Å². The van der Waals surface area contributed by atoms with E-state index in [-0.39, 0.29) is 0 Å². The van der Waals surface area contributed by atoms with Gasteiger partial charge in [-0.1, -0.05) is 20.3 Å². The molecule has 1 saturated heterocycles. The molecule has 0 aromatic rings. The maximum Gasteiger partial charge on any atom is 0.0222 e. The molecule has 0 aromatic heterocycles. The summed E-state index contributed by atoms with van der Waals surface area (Å²) in [7, 11) is 6.65. The van der Waals surface area contributed by atoms with Gasteiger partial charge in [0, 0.05) is 18.6 Å². The Morgan fingerprint density at radius 2 is 1.93 bits per heavy atom. The zero-order chi connectivity index (χ0) is 10.7. The lowest BCUT2D eigenvalue weighted by molar-refractivity contribution is 0.0682. The topological polar surface area (TPSA) is 6.48 Å². The predicted octanol–water partition coefficient (Wildman–Crippen LogP) is 2.06. The Morgan fingerprint density at radius 3 is 2.43 bits per heavy atom. The highest BCUT2D eigenvalue weighted by atomic mass is 15.2. The molecule has 0 N–H and O–H groups in total. The van der Waals surface area contributed by atoms with Gasteiger partial charge in [-0.3, -0.25) is 4.90 Å². The smallest absolute Gasteiger partial charge is 0.0222 e. The van der Waals surface area contributed by atoms with Crippen molar-refractivity contribution in [3.05, 3.63) is 0 Å². The van der Waals surface area contributed by atoms with Crippen LogP contribution in [0.5, 0.6) is 0 Å². The highest BCUT2D eigenvalue weighted by molar-refractivity contribution is 4.85. The van der Waals surface area contributed by atoms with Gasteiger partial charge in [-0.2, -0.15) is 0 Å². The first-order valence-electron chi connectivity index (χ1n) is 5.89. The van der Waals surface area contributed by atoms with Crippen LogP contribution in [0.2, 0.25) is 0 Å². The molecule has 0 saturated carbocycles. The minimum atomic E-state index is 0.770. The number of hydrogen-bond acceptors (Lipinski definition) is 2. The molecule has 84 valence electrons. The Morgan fingerprint density at radius 1 is 1.29 bits per heavy atom. The molecule has 0 amide bonds. The van der Waals surface area contributed by atoms with Gasteiger partial charge in [0.05, 0.1) is 0 Å². The van der Waals surface area contributed by atoms with Crippen LogP contribution in [0.3, 0.4) is 0 Å². The van der Waals surface area contributed by atoms with E-state index in [1.165, 1.54) is 25.8 Å². The van der Waals surface area contributed by atoms with E-state index in [1.807, 2.05) is 0 Å². The summed E-state index contributed by atoms with van der Waals surface area (Å²) >= 11 is 0. The van der Waals surface area contributed by atoms with Crippen LogP contribution in [0, 0.1) is 5.92 Å². The average molecular weight is 198 g/mol. The minimum absolute atomic E-state index is 0.770. The lowest BCUT2D eigenvalue weighted by Crippen LogP contribution is -2.50. The predicted molar refractivity (Wildman–Crippen MR) is 62.6 cm³/mol. The van der Waals surface area contributed by atoms with Crippen molar-refractivity contribution in [1.82, 2.24) is 9.80 Å². The van der Waals surface area contributed by atoms with Crippen molar-refractivity contribution in [1.29, 1.82) is 0 Å². The summed E-state index contributed by atoms with van der Waals surface area (Å²) in [6.07, 6.45) is 4.17. The summed E-state index contributed by atoms with van der Waals surface area (Å²) in [6.45, 7) is 5.90. The molecule has 0 aromatic carbocycles. The Kier molecular flexibility index (Phi) is 4.39. The molecular formula is C12H26N2. The molecule has 0 spiro atoms. The fraction of sp³-hybridized carbons (Fsp3) is 1.00. The van der Waals surface area contributed by atoms with Crippen LogP contribution in [-0.4, -0.2) is 49.6 Å². The van der Waals surface area contributed by atoms with Crippen LogP contribution in [0.4, 0.5) is 0 Å². The Bertz CT molecular complexity index is 166. The van der Waals surface area contributed by atoms with E-state index in [0.717, 1.165) is 18.0 Å². The van der Waals surface area contributed by atoms with Crippen molar-refractivity contribution in [3.63, 3.8) is 0 Å². The second kappa shape index (κ2) is 5.13. The third kappa shape index (κ3) is 2.96. The summed E-state index contributed by atoms with van der Waals surface area (Å²) in [4.78, 5) is 4.91. The maximum absolute atomic E-state index is 2.61. The van der Waals surface area contributed by atoms with Crippen LogP contribution >= 0.6 is 0 Å². The first kappa shape index (κ1) is 12.0. The molecule has 1 aliphatic rings. The van der Waals surface area contributed by atoms with E-state index in [2.05, 4.69) is 44.8 Å². The van der Waals surface area contributed by atoms with Crippen LogP contribution in [0.25, 0.3) is 0 Å². The van der Waals surface area contributed by atoms with Gasteiger partial charge in [0.1, 0.15) is 0 Å². The summed E-state index contributed by atoms with van der Waals surface area (Å²) < 4.78 is 0. The van der Waals surface area contributed by atoms with Gasteiger partial charge in [0.25, 0.3) is 0 Å². The van der Waals surface area contributed by atoms with Crippen LogP contribution in [-0.2, 0) is 0 Å². The van der Waals surface area contributed by atoms with E-state index in [1.54, 1.807) is 0 Å². The number of nitrogens with zero attached hydrogens (tertiary/aromatic N) is 2. The fourth-order valence-corrected chi connectivity index (χ4v) is 2.69. The van der Waals surface area contributed by atoms with Gasteiger partial charge in [-0.15, -0.1) is 0 Å². The largest absolute Gasteiger partial charge is 0.308 e. The quantitative estimate of drug-likeness (QED) is 0.685. The molecule has 1 rings (SSSR count). The molecule has 2 unspecified atom stereocenters. The summed E-state index contributed by atoms with van der Waals surface area (Å²) in [5, 5.41) is 0. The van der Waals surface area contributed by atoms with Crippen LogP contribution in [0.15, 0.2) is 0 Å². The zero-order valence-electron chi connectivity index (χ0n) is 10.5. The molecule has 1 fully saturated rings. The van der Waals surface area contributed by atoms with Crippen molar-refractivity contribution in [2.24, 2.45) is 5.92 Å². The van der Waals surface area contributed by atoms with E-state index in [9.17, 15) is 0 Å². The number of hydrogen-bond donors (Lipinski definition) is 0. The van der Waals surface area contributed by atoms with Crippen molar-refractivity contribution in [2.75, 3.05) is 27.7 Å². The van der Waals surface area contributed by atoms with Gasteiger partial charge < -0.3 is 4.90 Å². The maximum atomic E-state index is 2.61. The molecule has 2 atom stereocenters. The lowest BCUT2D eigenvalue weighted by atomic mass is 9.89. The normalized spacial score (nSPS) is 30.2. The first-order valence-corrected chi connectivity index (χ1v) is 5.89. The highest BCUT2D eigenvalue weighted by Crippen LogP contribution is 2.26. The SMILES string of the molecule is CC(C)C1CCCC(CN(C)C)N1C. The average Bonchev–Trinajstić information content (AvgIpc) is 2.07.